The van der Waals surface area contributed by atoms with Crippen LogP contribution in [0.3, 0.4) is 0 Å². The Hall–Kier alpha value is -3.43. The lowest BCUT2D eigenvalue weighted by molar-refractivity contribution is -0.387. The van der Waals surface area contributed by atoms with Crippen molar-refractivity contribution in [3.8, 4) is 11.6 Å². The Bertz CT molecular complexity index is 922. The van der Waals surface area contributed by atoms with E-state index in [0.29, 0.717) is 5.56 Å². The molecule has 0 atom stereocenters. The van der Waals surface area contributed by atoms with Crippen molar-refractivity contribution in [3.05, 3.63) is 68.7 Å². The van der Waals surface area contributed by atoms with Gasteiger partial charge in [-0.3, -0.25) is 14.6 Å². The van der Waals surface area contributed by atoms with Crippen LogP contribution in [0.1, 0.15) is 5.56 Å². The van der Waals surface area contributed by atoms with Gasteiger partial charge in [0.05, 0.1) is 11.5 Å². The molecule has 0 fully saturated rings. The Morgan fingerprint density at radius 3 is 2.70 bits per heavy atom. The monoisotopic (exact) mass is 317 g/mol. The van der Waals surface area contributed by atoms with Crippen LogP contribution in [0, 0.1) is 15.9 Å². The smallest absolute Gasteiger partial charge is 0.295 e. The van der Waals surface area contributed by atoms with Gasteiger partial charge in [-0.1, -0.05) is 11.2 Å². The molecule has 3 rings (SSSR count). The van der Waals surface area contributed by atoms with Crippen LogP contribution in [0.15, 0.2) is 46.0 Å². The van der Waals surface area contributed by atoms with Gasteiger partial charge in [0.1, 0.15) is 0 Å². The Kier molecular flexibility index (Phi) is 3.63. The lowest BCUT2D eigenvalue weighted by Crippen LogP contribution is -2.17. The maximum Gasteiger partial charge on any atom is 0.442 e. The second-order valence-corrected chi connectivity index (χ2v) is 4.47. The summed E-state index contributed by atoms with van der Waals surface area (Å²) in [5.41, 5.74) is -0.311. The highest BCUT2D eigenvalue weighted by molar-refractivity contribution is 5.42. The van der Waals surface area contributed by atoms with Gasteiger partial charge in [-0.2, -0.15) is 4.39 Å². The first kappa shape index (κ1) is 14.5. The van der Waals surface area contributed by atoms with Crippen molar-refractivity contribution in [1.82, 2.24) is 19.7 Å². The van der Waals surface area contributed by atoms with Crippen LogP contribution in [0.5, 0.6) is 0 Å². The number of hydrogen-bond donors (Lipinski definition) is 0. The first-order chi connectivity index (χ1) is 11.1. The van der Waals surface area contributed by atoms with E-state index >= 15 is 0 Å². The zero-order valence-corrected chi connectivity index (χ0v) is 11.4. The van der Waals surface area contributed by atoms with E-state index in [4.69, 9.17) is 0 Å². The molecule has 116 valence electrons. The summed E-state index contributed by atoms with van der Waals surface area (Å²) in [6, 6.07) is 4.95. The van der Waals surface area contributed by atoms with E-state index in [0.717, 1.165) is 16.7 Å². The molecule has 0 N–H and O–H groups in total. The topological polar surface area (TPSA) is 117 Å². The fraction of sp³-hybridized carbons (Fsp3) is 0.0769. The van der Waals surface area contributed by atoms with Gasteiger partial charge in [0.2, 0.25) is 11.6 Å². The number of nitrogens with zero attached hydrogens (tertiary/aromatic N) is 5. The van der Waals surface area contributed by atoms with Gasteiger partial charge in [0.15, 0.2) is 5.82 Å². The number of halogens is 1. The molecule has 2 heterocycles. The van der Waals surface area contributed by atoms with Crippen molar-refractivity contribution < 1.29 is 13.8 Å². The fourth-order valence-corrected chi connectivity index (χ4v) is 1.96. The van der Waals surface area contributed by atoms with Crippen LogP contribution in [0.4, 0.5) is 10.1 Å². The van der Waals surface area contributed by atoms with E-state index < -0.39 is 22.2 Å². The SMILES string of the molecule is O=c1onc(-c2ncccn2)n1Cc1ccc([N+](=O)[O-])c(F)c1. The molecule has 0 spiro atoms. The predicted molar refractivity (Wildman–Crippen MR) is 73.9 cm³/mol. The molecular formula is C13H8FN5O4. The van der Waals surface area contributed by atoms with Gasteiger partial charge in [-0.25, -0.2) is 19.3 Å². The van der Waals surface area contributed by atoms with Crippen LogP contribution >= 0.6 is 0 Å². The molecule has 0 amide bonds. The molecule has 0 aliphatic heterocycles. The lowest BCUT2D eigenvalue weighted by atomic mass is 10.2. The summed E-state index contributed by atoms with van der Waals surface area (Å²) in [6.07, 6.45) is 2.94. The number of nitro groups is 1. The molecule has 0 radical (unpaired) electrons. The molecular weight excluding hydrogens is 309 g/mol. The molecule has 0 bridgehead atoms. The van der Waals surface area contributed by atoms with Crippen LogP contribution in [0.2, 0.25) is 0 Å². The summed E-state index contributed by atoms with van der Waals surface area (Å²) < 4.78 is 19.4. The van der Waals surface area contributed by atoms with Crippen molar-refractivity contribution >= 4 is 5.69 Å². The van der Waals surface area contributed by atoms with E-state index in [9.17, 15) is 19.3 Å². The number of benzene rings is 1. The van der Waals surface area contributed by atoms with E-state index in [-0.39, 0.29) is 18.2 Å². The Morgan fingerprint density at radius 2 is 2.04 bits per heavy atom. The average molecular weight is 317 g/mol. The van der Waals surface area contributed by atoms with Crippen LogP contribution < -0.4 is 5.76 Å². The zero-order valence-electron chi connectivity index (χ0n) is 11.4. The fourth-order valence-electron chi connectivity index (χ4n) is 1.96. The summed E-state index contributed by atoms with van der Waals surface area (Å²) in [6.45, 7) is -0.0924. The van der Waals surface area contributed by atoms with Crippen molar-refractivity contribution in [3.63, 3.8) is 0 Å². The van der Waals surface area contributed by atoms with Crippen LogP contribution in [-0.2, 0) is 6.54 Å². The van der Waals surface area contributed by atoms with Gasteiger partial charge < -0.3 is 0 Å². The zero-order chi connectivity index (χ0) is 16.4. The van der Waals surface area contributed by atoms with E-state index in [2.05, 4.69) is 19.6 Å². The summed E-state index contributed by atoms with van der Waals surface area (Å²) in [7, 11) is 0. The summed E-state index contributed by atoms with van der Waals surface area (Å²) in [5.74, 6) is -1.52. The number of hydrogen-bond acceptors (Lipinski definition) is 7. The van der Waals surface area contributed by atoms with E-state index in [1.54, 1.807) is 6.07 Å². The largest absolute Gasteiger partial charge is 0.442 e. The van der Waals surface area contributed by atoms with Gasteiger partial charge in [0.25, 0.3) is 0 Å². The van der Waals surface area contributed by atoms with Crippen molar-refractivity contribution in [2.24, 2.45) is 0 Å². The molecule has 23 heavy (non-hydrogen) atoms. The molecule has 0 saturated heterocycles. The summed E-state index contributed by atoms with van der Waals surface area (Å²) in [4.78, 5) is 29.5. The minimum Gasteiger partial charge on any atom is -0.295 e. The number of nitro benzene ring substituents is 1. The van der Waals surface area contributed by atoms with Gasteiger partial charge in [-0.05, 0) is 17.7 Å². The molecule has 9 nitrogen and oxygen atoms in total. The Balaban J connectivity index is 1.98. The second-order valence-electron chi connectivity index (χ2n) is 4.47. The molecule has 0 aliphatic carbocycles. The maximum absolute atomic E-state index is 13.7. The predicted octanol–water partition coefficient (Wildman–Crippen LogP) is 1.39. The molecule has 2 aromatic heterocycles. The highest BCUT2D eigenvalue weighted by Gasteiger charge is 2.18. The van der Waals surface area contributed by atoms with Crippen molar-refractivity contribution in [2.75, 3.05) is 0 Å². The molecule has 0 unspecified atom stereocenters. The second kappa shape index (κ2) is 5.75. The van der Waals surface area contributed by atoms with Crippen LogP contribution in [0.25, 0.3) is 11.6 Å². The minimum atomic E-state index is -0.991. The quantitative estimate of drug-likeness (QED) is 0.527. The van der Waals surface area contributed by atoms with E-state index in [1.165, 1.54) is 18.5 Å². The Labute approximate surface area is 127 Å². The third-order valence-electron chi connectivity index (χ3n) is 3.00. The van der Waals surface area contributed by atoms with Gasteiger partial charge >= 0.3 is 11.4 Å². The average Bonchev–Trinajstić information content (AvgIpc) is 2.89. The van der Waals surface area contributed by atoms with E-state index in [1.807, 2.05) is 0 Å². The molecule has 1 aromatic carbocycles. The van der Waals surface area contributed by atoms with Crippen LogP contribution in [-0.4, -0.2) is 24.6 Å². The highest BCUT2D eigenvalue weighted by atomic mass is 19.1. The van der Waals surface area contributed by atoms with Gasteiger partial charge in [-0.15, -0.1) is 0 Å². The summed E-state index contributed by atoms with van der Waals surface area (Å²) >= 11 is 0. The van der Waals surface area contributed by atoms with Crippen molar-refractivity contribution in [2.45, 2.75) is 6.54 Å². The lowest BCUT2D eigenvalue weighted by Gasteiger charge is -2.04. The molecule has 0 aliphatic rings. The molecule has 3 aromatic rings. The van der Waals surface area contributed by atoms with Gasteiger partial charge in [0, 0.05) is 18.5 Å². The minimum absolute atomic E-state index is 0.0781. The first-order valence-corrected chi connectivity index (χ1v) is 6.33. The highest BCUT2D eigenvalue weighted by Crippen LogP contribution is 2.19. The number of rotatable bonds is 4. The molecule has 0 saturated carbocycles. The third-order valence-corrected chi connectivity index (χ3v) is 3.00. The maximum atomic E-state index is 13.7. The number of aromatic nitrogens is 4. The summed E-state index contributed by atoms with van der Waals surface area (Å²) in [5, 5.41) is 14.2. The molecule has 10 heteroatoms. The van der Waals surface area contributed by atoms with Crippen molar-refractivity contribution in [1.29, 1.82) is 0 Å². The Morgan fingerprint density at radius 1 is 1.30 bits per heavy atom. The standard InChI is InChI=1S/C13H8FN5O4/c14-9-6-8(2-3-10(9)19(21)22)7-18-12(17-23-13(18)20)11-15-4-1-5-16-11/h1-6H,7H2. The third kappa shape index (κ3) is 2.81. The normalized spacial score (nSPS) is 10.7. The first-order valence-electron chi connectivity index (χ1n) is 6.33.